The standard InChI is InChI=1S/C16H23BrN2O2/c1-21-14-9-12(17)8-13(10-14)19-15(20)16(11-18)6-4-2-3-5-7-16/h8-10H,2-7,11,18H2,1H3,(H,19,20). The van der Waals surface area contributed by atoms with Gasteiger partial charge in [0.1, 0.15) is 5.75 Å². The molecule has 1 aliphatic carbocycles. The van der Waals surface area contributed by atoms with Gasteiger partial charge in [0.25, 0.3) is 0 Å². The van der Waals surface area contributed by atoms with Gasteiger partial charge in [-0.25, -0.2) is 0 Å². The summed E-state index contributed by atoms with van der Waals surface area (Å²) in [7, 11) is 1.61. The zero-order valence-corrected chi connectivity index (χ0v) is 14.0. The highest BCUT2D eigenvalue weighted by atomic mass is 79.9. The van der Waals surface area contributed by atoms with Gasteiger partial charge in [0, 0.05) is 22.8 Å². The van der Waals surface area contributed by atoms with Gasteiger partial charge in [-0.3, -0.25) is 4.79 Å². The van der Waals surface area contributed by atoms with Gasteiger partial charge in [0.05, 0.1) is 12.5 Å². The first-order chi connectivity index (χ1) is 10.1. The van der Waals surface area contributed by atoms with Crippen molar-refractivity contribution in [2.75, 3.05) is 19.0 Å². The second kappa shape index (κ2) is 7.27. The van der Waals surface area contributed by atoms with Crippen molar-refractivity contribution < 1.29 is 9.53 Å². The normalized spacial score (nSPS) is 17.9. The molecule has 0 radical (unpaired) electrons. The number of anilines is 1. The topological polar surface area (TPSA) is 64.3 Å². The van der Waals surface area contributed by atoms with Crippen molar-refractivity contribution >= 4 is 27.5 Å². The first kappa shape index (κ1) is 16.3. The Morgan fingerprint density at radius 2 is 1.95 bits per heavy atom. The van der Waals surface area contributed by atoms with Crippen LogP contribution in [0.15, 0.2) is 22.7 Å². The van der Waals surface area contributed by atoms with Crippen LogP contribution in [0.5, 0.6) is 5.75 Å². The van der Waals surface area contributed by atoms with E-state index in [2.05, 4.69) is 21.2 Å². The molecule has 4 nitrogen and oxygen atoms in total. The van der Waals surface area contributed by atoms with Crippen LogP contribution in [0, 0.1) is 5.41 Å². The van der Waals surface area contributed by atoms with Crippen molar-refractivity contribution in [3.8, 4) is 5.75 Å². The van der Waals surface area contributed by atoms with Crippen molar-refractivity contribution in [3.63, 3.8) is 0 Å². The predicted octanol–water partition coefficient (Wildman–Crippen LogP) is 3.70. The Hall–Kier alpha value is -1.07. The Morgan fingerprint density at radius 1 is 1.29 bits per heavy atom. The minimum absolute atomic E-state index is 0.0343. The largest absolute Gasteiger partial charge is 0.497 e. The number of hydrogen-bond acceptors (Lipinski definition) is 3. The Bertz CT molecular complexity index is 497. The highest BCUT2D eigenvalue weighted by Crippen LogP contribution is 2.36. The summed E-state index contributed by atoms with van der Waals surface area (Å²) in [6.45, 7) is 0.407. The fraction of sp³-hybridized carbons (Fsp3) is 0.562. The highest BCUT2D eigenvalue weighted by Gasteiger charge is 2.37. The zero-order chi connectivity index (χ0) is 15.3. The summed E-state index contributed by atoms with van der Waals surface area (Å²) in [5.41, 5.74) is 6.27. The molecule has 3 N–H and O–H groups in total. The average Bonchev–Trinajstić information content (AvgIpc) is 2.73. The summed E-state index contributed by atoms with van der Waals surface area (Å²) in [4.78, 5) is 12.7. The van der Waals surface area contributed by atoms with Gasteiger partial charge in [-0.15, -0.1) is 0 Å². The number of nitrogens with one attached hydrogen (secondary N) is 1. The molecule has 1 amide bonds. The second-order valence-electron chi connectivity index (χ2n) is 5.73. The summed E-state index contributed by atoms with van der Waals surface area (Å²) in [5, 5.41) is 3.02. The van der Waals surface area contributed by atoms with Gasteiger partial charge in [-0.05, 0) is 25.0 Å². The number of amides is 1. The molecule has 0 aromatic heterocycles. The maximum atomic E-state index is 12.7. The predicted molar refractivity (Wildman–Crippen MR) is 88.5 cm³/mol. The van der Waals surface area contributed by atoms with Gasteiger partial charge in [-0.1, -0.05) is 41.6 Å². The Morgan fingerprint density at radius 3 is 2.52 bits per heavy atom. The number of hydrogen-bond donors (Lipinski definition) is 2. The van der Waals surface area contributed by atoms with Crippen molar-refractivity contribution in [2.45, 2.75) is 38.5 Å². The van der Waals surface area contributed by atoms with Crippen molar-refractivity contribution in [1.82, 2.24) is 0 Å². The van der Waals surface area contributed by atoms with Gasteiger partial charge < -0.3 is 15.8 Å². The molecule has 1 saturated carbocycles. The quantitative estimate of drug-likeness (QED) is 0.810. The lowest BCUT2D eigenvalue weighted by molar-refractivity contribution is -0.125. The lowest BCUT2D eigenvalue weighted by Crippen LogP contribution is -2.42. The minimum atomic E-state index is -0.425. The fourth-order valence-corrected chi connectivity index (χ4v) is 3.42. The van der Waals surface area contributed by atoms with Crippen LogP contribution in [0.2, 0.25) is 0 Å². The molecule has 0 spiro atoms. The molecule has 21 heavy (non-hydrogen) atoms. The van der Waals surface area contributed by atoms with Crippen LogP contribution in [0.4, 0.5) is 5.69 Å². The number of rotatable bonds is 4. The van der Waals surface area contributed by atoms with Crippen LogP contribution in [0.25, 0.3) is 0 Å². The number of ether oxygens (including phenoxy) is 1. The van der Waals surface area contributed by atoms with Crippen LogP contribution in [0.1, 0.15) is 38.5 Å². The van der Waals surface area contributed by atoms with Crippen LogP contribution < -0.4 is 15.8 Å². The molecule has 1 fully saturated rings. The third-order valence-corrected chi connectivity index (χ3v) is 4.76. The van der Waals surface area contributed by atoms with Crippen LogP contribution in [-0.4, -0.2) is 19.6 Å². The van der Waals surface area contributed by atoms with Crippen molar-refractivity contribution in [3.05, 3.63) is 22.7 Å². The number of nitrogens with two attached hydrogens (primary N) is 1. The van der Waals surface area contributed by atoms with Crippen LogP contribution in [0.3, 0.4) is 0 Å². The van der Waals surface area contributed by atoms with Gasteiger partial charge in [-0.2, -0.15) is 0 Å². The molecule has 0 aliphatic heterocycles. The first-order valence-electron chi connectivity index (χ1n) is 7.46. The maximum Gasteiger partial charge on any atom is 0.231 e. The molecule has 2 rings (SSSR count). The molecular weight excluding hydrogens is 332 g/mol. The number of benzene rings is 1. The minimum Gasteiger partial charge on any atom is -0.497 e. The smallest absolute Gasteiger partial charge is 0.231 e. The molecule has 1 aliphatic rings. The third-order valence-electron chi connectivity index (χ3n) is 4.30. The monoisotopic (exact) mass is 354 g/mol. The molecule has 0 unspecified atom stereocenters. The van der Waals surface area contributed by atoms with Gasteiger partial charge in [0.15, 0.2) is 0 Å². The van der Waals surface area contributed by atoms with E-state index in [1.807, 2.05) is 18.2 Å². The van der Waals surface area contributed by atoms with E-state index < -0.39 is 5.41 Å². The molecule has 0 bridgehead atoms. The second-order valence-corrected chi connectivity index (χ2v) is 6.65. The van der Waals surface area contributed by atoms with Crippen molar-refractivity contribution in [2.24, 2.45) is 11.1 Å². The number of methoxy groups -OCH3 is 1. The molecular formula is C16H23BrN2O2. The van der Waals surface area contributed by atoms with E-state index in [9.17, 15) is 4.79 Å². The summed E-state index contributed by atoms with van der Waals surface area (Å²) in [5.74, 6) is 0.745. The Kier molecular flexibility index (Phi) is 5.65. The van der Waals surface area contributed by atoms with E-state index in [0.29, 0.717) is 12.3 Å². The average molecular weight is 355 g/mol. The van der Waals surface area contributed by atoms with E-state index in [-0.39, 0.29) is 5.91 Å². The SMILES string of the molecule is COc1cc(Br)cc(NC(=O)C2(CN)CCCCCC2)c1. The van der Waals surface area contributed by atoms with E-state index in [1.165, 1.54) is 12.8 Å². The summed E-state index contributed by atoms with van der Waals surface area (Å²) < 4.78 is 6.10. The van der Waals surface area contributed by atoms with Crippen LogP contribution in [-0.2, 0) is 4.79 Å². The molecule has 0 atom stereocenters. The van der Waals surface area contributed by atoms with E-state index >= 15 is 0 Å². The first-order valence-corrected chi connectivity index (χ1v) is 8.25. The molecule has 0 heterocycles. The summed E-state index contributed by atoms with van der Waals surface area (Å²) in [6.07, 6.45) is 6.29. The maximum absolute atomic E-state index is 12.7. The lowest BCUT2D eigenvalue weighted by atomic mass is 9.79. The number of carbonyl (C=O) groups excluding carboxylic acids is 1. The van der Waals surface area contributed by atoms with E-state index in [0.717, 1.165) is 35.8 Å². The number of carbonyl (C=O) groups is 1. The summed E-state index contributed by atoms with van der Waals surface area (Å²) >= 11 is 3.43. The van der Waals surface area contributed by atoms with E-state index in [1.54, 1.807) is 7.11 Å². The van der Waals surface area contributed by atoms with E-state index in [4.69, 9.17) is 10.5 Å². The molecule has 1 aromatic rings. The zero-order valence-electron chi connectivity index (χ0n) is 12.5. The highest BCUT2D eigenvalue weighted by molar-refractivity contribution is 9.10. The van der Waals surface area contributed by atoms with Crippen LogP contribution >= 0.6 is 15.9 Å². The lowest BCUT2D eigenvalue weighted by Gasteiger charge is -2.30. The molecule has 116 valence electrons. The van der Waals surface area contributed by atoms with Crippen molar-refractivity contribution in [1.29, 1.82) is 0 Å². The molecule has 5 heteroatoms. The Balaban J connectivity index is 2.17. The van der Waals surface area contributed by atoms with Gasteiger partial charge >= 0.3 is 0 Å². The fourth-order valence-electron chi connectivity index (χ4n) is 2.95. The Labute approximate surface area is 134 Å². The number of halogens is 1. The molecule has 1 aromatic carbocycles. The third kappa shape index (κ3) is 3.98. The summed E-state index contributed by atoms with van der Waals surface area (Å²) in [6, 6.07) is 5.56. The molecule has 0 saturated heterocycles. The van der Waals surface area contributed by atoms with Gasteiger partial charge in [0.2, 0.25) is 5.91 Å².